The van der Waals surface area contributed by atoms with Crippen molar-refractivity contribution in [2.24, 2.45) is 0 Å². The van der Waals surface area contributed by atoms with Crippen molar-refractivity contribution in [2.75, 3.05) is 13.7 Å². The molecule has 0 radical (unpaired) electrons. The Labute approximate surface area is 87.5 Å². The molecule has 1 aromatic carbocycles. The summed E-state index contributed by atoms with van der Waals surface area (Å²) < 4.78 is 6.08. The van der Waals surface area contributed by atoms with Crippen molar-refractivity contribution in [3.8, 4) is 0 Å². The molecule has 70 valence electrons. The molecule has 0 bridgehead atoms. The highest BCUT2D eigenvalue weighted by Crippen LogP contribution is 2.18. The summed E-state index contributed by atoms with van der Waals surface area (Å²) >= 11 is 3.44. The highest BCUT2D eigenvalue weighted by atomic mass is 79.9. The fourth-order valence-electron chi connectivity index (χ4n) is 1.06. The van der Waals surface area contributed by atoms with Crippen molar-refractivity contribution in [1.29, 1.82) is 0 Å². The van der Waals surface area contributed by atoms with E-state index in [1.54, 1.807) is 7.11 Å². The molecule has 2 heteroatoms. The molecule has 0 aliphatic carbocycles. The number of methoxy groups -OCH3 is 1. The highest BCUT2D eigenvalue weighted by molar-refractivity contribution is 9.10. The third-order valence-corrected chi connectivity index (χ3v) is 2.33. The van der Waals surface area contributed by atoms with Crippen LogP contribution in [0.1, 0.15) is 12.5 Å². The Balaban J connectivity index is 2.82. The number of rotatable bonds is 3. The number of hydrogen-bond donors (Lipinski definition) is 0. The van der Waals surface area contributed by atoms with Crippen molar-refractivity contribution in [2.45, 2.75) is 6.92 Å². The molecule has 1 nitrogen and oxygen atoms in total. The van der Waals surface area contributed by atoms with Gasteiger partial charge in [-0.1, -0.05) is 34.1 Å². The van der Waals surface area contributed by atoms with Gasteiger partial charge < -0.3 is 4.74 Å². The Kier molecular flexibility index (Phi) is 4.19. The lowest BCUT2D eigenvalue weighted by atomic mass is 10.1. The molecular weight excluding hydrogens is 228 g/mol. The molecule has 0 atom stereocenters. The quantitative estimate of drug-likeness (QED) is 0.786. The molecule has 0 aliphatic rings. The molecule has 0 aromatic heterocycles. The van der Waals surface area contributed by atoms with E-state index in [0.29, 0.717) is 6.61 Å². The molecule has 1 rings (SSSR count). The maximum atomic E-state index is 4.98. The van der Waals surface area contributed by atoms with E-state index in [1.165, 1.54) is 11.1 Å². The standard InChI is InChI=1S/C11H13BrO/c1-9(6-7-13-2)10-4-3-5-11(12)8-10/h3-6,8H,7H2,1-2H3/b9-6-. The maximum Gasteiger partial charge on any atom is 0.0649 e. The normalized spacial score (nSPS) is 11.8. The first-order valence-electron chi connectivity index (χ1n) is 4.15. The smallest absolute Gasteiger partial charge is 0.0649 e. The van der Waals surface area contributed by atoms with Gasteiger partial charge in [-0.3, -0.25) is 0 Å². The zero-order chi connectivity index (χ0) is 9.68. The summed E-state index contributed by atoms with van der Waals surface area (Å²) in [6, 6.07) is 8.24. The minimum Gasteiger partial charge on any atom is -0.381 e. The molecule has 0 N–H and O–H groups in total. The van der Waals surface area contributed by atoms with Crippen LogP contribution in [0.5, 0.6) is 0 Å². The first-order valence-corrected chi connectivity index (χ1v) is 4.95. The zero-order valence-electron chi connectivity index (χ0n) is 7.88. The summed E-state index contributed by atoms with van der Waals surface area (Å²) in [5.74, 6) is 0. The average Bonchev–Trinajstić information content (AvgIpc) is 2.14. The van der Waals surface area contributed by atoms with E-state index in [2.05, 4.69) is 41.1 Å². The number of benzene rings is 1. The summed E-state index contributed by atoms with van der Waals surface area (Å²) in [6.45, 7) is 2.75. The topological polar surface area (TPSA) is 9.23 Å². The van der Waals surface area contributed by atoms with Gasteiger partial charge in [-0.15, -0.1) is 0 Å². The van der Waals surface area contributed by atoms with Crippen LogP contribution in [-0.4, -0.2) is 13.7 Å². The van der Waals surface area contributed by atoms with Crippen LogP contribution >= 0.6 is 15.9 Å². The number of hydrogen-bond acceptors (Lipinski definition) is 1. The van der Waals surface area contributed by atoms with Gasteiger partial charge in [0, 0.05) is 11.6 Å². The van der Waals surface area contributed by atoms with Gasteiger partial charge >= 0.3 is 0 Å². The first-order chi connectivity index (χ1) is 6.24. The Morgan fingerprint density at radius 2 is 2.31 bits per heavy atom. The fourth-order valence-corrected chi connectivity index (χ4v) is 1.46. The van der Waals surface area contributed by atoms with Crippen molar-refractivity contribution >= 4 is 21.5 Å². The zero-order valence-corrected chi connectivity index (χ0v) is 9.47. The third kappa shape index (κ3) is 3.33. The second-order valence-corrected chi connectivity index (χ2v) is 3.77. The lowest BCUT2D eigenvalue weighted by Gasteiger charge is -2.01. The van der Waals surface area contributed by atoms with Gasteiger partial charge in [-0.2, -0.15) is 0 Å². The van der Waals surface area contributed by atoms with Crippen molar-refractivity contribution < 1.29 is 4.74 Å². The summed E-state index contributed by atoms with van der Waals surface area (Å²) in [7, 11) is 1.70. The predicted molar refractivity (Wildman–Crippen MR) is 59.7 cm³/mol. The van der Waals surface area contributed by atoms with Crippen molar-refractivity contribution in [3.63, 3.8) is 0 Å². The van der Waals surface area contributed by atoms with E-state index in [4.69, 9.17) is 4.74 Å². The Hall–Kier alpha value is -0.600. The Morgan fingerprint density at radius 1 is 1.54 bits per heavy atom. The molecule has 0 amide bonds. The minimum absolute atomic E-state index is 0.665. The molecule has 0 spiro atoms. The van der Waals surface area contributed by atoms with E-state index in [9.17, 15) is 0 Å². The van der Waals surface area contributed by atoms with E-state index >= 15 is 0 Å². The van der Waals surface area contributed by atoms with Gasteiger partial charge in [-0.25, -0.2) is 0 Å². The van der Waals surface area contributed by atoms with E-state index in [-0.39, 0.29) is 0 Å². The molecule has 1 aromatic rings. The lowest BCUT2D eigenvalue weighted by Crippen LogP contribution is -1.85. The number of allylic oxidation sites excluding steroid dienone is 1. The monoisotopic (exact) mass is 240 g/mol. The summed E-state index contributed by atoms with van der Waals surface area (Å²) in [4.78, 5) is 0. The van der Waals surface area contributed by atoms with Gasteiger partial charge in [0.15, 0.2) is 0 Å². The van der Waals surface area contributed by atoms with Gasteiger partial charge in [0.05, 0.1) is 6.61 Å². The predicted octanol–water partition coefficient (Wildman–Crippen LogP) is 3.50. The van der Waals surface area contributed by atoms with E-state index in [0.717, 1.165) is 4.47 Å². The van der Waals surface area contributed by atoms with Crippen LogP contribution in [0.4, 0.5) is 0 Å². The lowest BCUT2D eigenvalue weighted by molar-refractivity contribution is 0.234. The summed E-state index contributed by atoms with van der Waals surface area (Å²) in [6.07, 6.45) is 2.07. The second kappa shape index (κ2) is 5.20. The maximum absolute atomic E-state index is 4.98. The number of ether oxygens (including phenoxy) is 1. The molecule has 0 unspecified atom stereocenters. The molecular formula is C11H13BrO. The molecule has 0 saturated carbocycles. The summed E-state index contributed by atoms with van der Waals surface area (Å²) in [5, 5.41) is 0. The summed E-state index contributed by atoms with van der Waals surface area (Å²) in [5.41, 5.74) is 2.47. The molecule has 0 aliphatic heterocycles. The van der Waals surface area contributed by atoms with Crippen LogP contribution in [0.3, 0.4) is 0 Å². The SMILES string of the molecule is COC/C=C(/C)c1cccc(Br)c1. The van der Waals surface area contributed by atoms with E-state index < -0.39 is 0 Å². The molecule has 13 heavy (non-hydrogen) atoms. The third-order valence-electron chi connectivity index (χ3n) is 1.84. The second-order valence-electron chi connectivity index (χ2n) is 2.85. The fraction of sp³-hybridized carbons (Fsp3) is 0.273. The minimum atomic E-state index is 0.665. The van der Waals surface area contributed by atoms with Crippen molar-refractivity contribution in [3.05, 3.63) is 40.4 Å². The average molecular weight is 241 g/mol. The molecule has 0 saturated heterocycles. The highest BCUT2D eigenvalue weighted by Gasteiger charge is 1.94. The van der Waals surface area contributed by atoms with Gasteiger partial charge in [0.2, 0.25) is 0 Å². The van der Waals surface area contributed by atoms with Crippen LogP contribution in [-0.2, 0) is 4.74 Å². The van der Waals surface area contributed by atoms with Gasteiger partial charge in [-0.05, 0) is 30.2 Å². The first kappa shape index (κ1) is 10.5. The Bertz CT molecular complexity index is 305. The van der Waals surface area contributed by atoms with Crippen LogP contribution in [0.15, 0.2) is 34.8 Å². The van der Waals surface area contributed by atoms with E-state index in [1.807, 2.05) is 12.1 Å². The Morgan fingerprint density at radius 3 is 2.92 bits per heavy atom. The van der Waals surface area contributed by atoms with Crippen LogP contribution in [0.25, 0.3) is 5.57 Å². The van der Waals surface area contributed by atoms with Crippen LogP contribution in [0.2, 0.25) is 0 Å². The van der Waals surface area contributed by atoms with Crippen molar-refractivity contribution in [1.82, 2.24) is 0 Å². The number of halogens is 1. The van der Waals surface area contributed by atoms with Gasteiger partial charge in [0.1, 0.15) is 0 Å². The molecule has 0 heterocycles. The van der Waals surface area contributed by atoms with Crippen LogP contribution < -0.4 is 0 Å². The van der Waals surface area contributed by atoms with Crippen LogP contribution in [0, 0.1) is 0 Å². The largest absolute Gasteiger partial charge is 0.381 e. The molecule has 0 fully saturated rings. The van der Waals surface area contributed by atoms with Gasteiger partial charge in [0.25, 0.3) is 0 Å².